The number of nitrogens with zero attached hydrogens (tertiary/aromatic N) is 3. The standard InChI is InChI=1S/C39H45N3P/c1-8-37-35-24-23-33(27-36(35)38-34-14-12-11-13-28(34)25-26-42(38)39(37,9-2)10-3)43(31-19-15-29(16-20-31)40(4)5)32-21-17-30(18-22-32)41(6)7/h11-27,37H,8-10H2,1-7H3/q+1. The molecule has 4 heteroatoms. The van der Waals surface area contributed by atoms with Crippen LogP contribution in [0.15, 0.2) is 103 Å². The molecule has 2 heterocycles. The Morgan fingerprint density at radius 1 is 0.674 bits per heavy atom. The van der Waals surface area contributed by atoms with E-state index in [2.05, 4.69) is 167 Å². The van der Waals surface area contributed by atoms with Gasteiger partial charge in [-0.2, -0.15) is 4.57 Å². The fourth-order valence-electron chi connectivity index (χ4n) is 7.44. The summed E-state index contributed by atoms with van der Waals surface area (Å²) >= 11 is 0. The topological polar surface area (TPSA) is 10.4 Å². The Hall–Kier alpha value is -3.68. The number of anilines is 2. The lowest BCUT2D eigenvalue weighted by molar-refractivity contribution is -0.761. The second kappa shape index (κ2) is 11.8. The molecule has 0 spiro atoms. The first-order valence-corrected chi connectivity index (χ1v) is 17.1. The van der Waals surface area contributed by atoms with Crippen LogP contribution in [0.1, 0.15) is 51.5 Å². The van der Waals surface area contributed by atoms with E-state index in [1.165, 1.54) is 54.9 Å². The second-order valence-corrected chi connectivity index (χ2v) is 14.5. The number of hydrogen-bond acceptors (Lipinski definition) is 2. The summed E-state index contributed by atoms with van der Waals surface area (Å²) in [6.45, 7) is 7.14. The van der Waals surface area contributed by atoms with Gasteiger partial charge in [0.2, 0.25) is 5.69 Å². The van der Waals surface area contributed by atoms with Crippen molar-refractivity contribution < 1.29 is 4.57 Å². The zero-order chi connectivity index (χ0) is 30.3. The fraction of sp³-hybridized carbons (Fsp3) is 0.308. The number of hydrogen-bond donors (Lipinski definition) is 0. The Labute approximate surface area is 259 Å². The van der Waals surface area contributed by atoms with E-state index >= 15 is 0 Å². The van der Waals surface area contributed by atoms with Gasteiger partial charge in [-0.1, -0.05) is 75.4 Å². The van der Waals surface area contributed by atoms with Gasteiger partial charge in [-0.3, -0.25) is 0 Å². The van der Waals surface area contributed by atoms with Crippen molar-refractivity contribution in [3.05, 3.63) is 109 Å². The number of pyridine rings is 1. The van der Waals surface area contributed by atoms with E-state index in [-0.39, 0.29) is 5.54 Å². The summed E-state index contributed by atoms with van der Waals surface area (Å²) < 4.78 is 2.66. The summed E-state index contributed by atoms with van der Waals surface area (Å²) in [5.74, 6) is 0.468. The van der Waals surface area contributed by atoms with Crippen LogP contribution in [0.25, 0.3) is 22.0 Å². The van der Waals surface area contributed by atoms with Crippen LogP contribution in [0, 0.1) is 0 Å². The highest BCUT2D eigenvalue weighted by atomic mass is 31.1. The summed E-state index contributed by atoms with van der Waals surface area (Å²) in [7, 11) is 7.68. The van der Waals surface area contributed by atoms with Gasteiger partial charge in [-0.25, -0.2) is 0 Å². The molecule has 0 fully saturated rings. The van der Waals surface area contributed by atoms with Crippen LogP contribution >= 0.6 is 7.92 Å². The van der Waals surface area contributed by atoms with Crippen molar-refractivity contribution in [3.8, 4) is 11.3 Å². The Morgan fingerprint density at radius 3 is 1.77 bits per heavy atom. The number of fused-ring (bicyclic) bond motifs is 5. The van der Waals surface area contributed by atoms with Crippen LogP contribution in [0.2, 0.25) is 0 Å². The number of rotatable bonds is 8. The van der Waals surface area contributed by atoms with Crippen molar-refractivity contribution in [3.63, 3.8) is 0 Å². The van der Waals surface area contributed by atoms with E-state index < -0.39 is 7.92 Å². The monoisotopic (exact) mass is 586 g/mol. The summed E-state index contributed by atoms with van der Waals surface area (Å²) in [4.78, 5) is 4.35. The SMILES string of the molecule is CCC1c2ccc(P(c3ccc(N(C)C)cc3)c3ccc(N(C)C)cc3)cc2-c2c3ccccc3cc[n+]2C1(CC)CC. The van der Waals surface area contributed by atoms with Gasteiger partial charge >= 0.3 is 0 Å². The van der Waals surface area contributed by atoms with Crippen LogP contribution in [-0.4, -0.2) is 28.2 Å². The molecule has 0 bridgehead atoms. The molecule has 0 amide bonds. The maximum atomic E-state index is 2.66. The second-order valence-electron chi connectivity index (χ2n) is 12.3. The van der Waals surface area contributed by atoms with Crippen LogP contribution in [0.4, 0.5) is 11.4 Å². The van der Waals surface area contributed by atoms with E-state index in [0.29, 0.717) is 5.92 Å². The van der Waals surface area contributed by atoms with E-state index in [0.717, 1.165) is 19.3 Å². The van der Waals surface area contributed by atoms with E-state index in [1.54, 1.807) is 0 Å². The summed E-state index contributed by atoms with van der Waals surface area (Å²) in [6, 6.07) is 37.2. The Bertz CT molecular complexity index is 1680. The Balaban J connectivity index is 1.61. The molecular formula is C39H45N3P+. The average molecular weight is 587 g/mol. The lowest BCUT2D eigenvalue weighted by Crippen LogP contribution is -2.62. The normalized spacial score (nSPS) is 15.3. The van der Waals surface area contributed by atoms with Crippen molar-refractivity contribution in [1.82, 2.24) is 0 Å². The first kappa shape index (κ1) is 29.4. The van der Waals surface area contributed by atoms with E-state index in [4.69, 9.17) is 0 Å². The van der Waals surface area contributed by atoms with E-state index in [1.807, 2.05) is 0 Å². The van der Waals surface area contributed by atoms with Gasteiger partial charge in [0.05, 0.1) is 10.9 Å². The minimum absolute atomic E-state index is 0.0669. The lowest BCUT2D eigenvalue weighted by Gasteiger charge is -2.40. The van der Waals surface area contributed by atoms with E-state index in [9.17, 15) is 0 Å². The van der Waals surface area contributed by atoms with Gasteiger partial charge in [-0.05, 0) is 77.6 Å². The zero-order valence-corrected chi connectivity index (χ0v) is 27.7. The highest BCUT2D eigenvalue weighted by Gasteiger charge is 2.51. The molecule has 0 saturated heterocycles. The minimum Gasteiger partial charge on any atom is -0.378 e. The molecule has 0 saturated carbocycles. The third-order valence-electron chi connectivity index (χ3n) is 9.80. The predicted octanol–water partition coefficient (Wildman–Crippen LogP) is 7.71. The molecule has 0 N–H and O–H groups in total. The molecule has 1 aliphatic heterocycles. The summed E-state index contributed by atoms with van der Waals surface area (Å²) in [5, 5.41) is 6.81. The maximum Gasteiger partial charge on any atom is 0.221 e. The maximum absolute atomic E-state index is 2.66. The largest absolute Gasteiger partial charge is 0.378 e. The fourth-order valence-corrected chi connectivity index (χ4v) is 9.71. The highest BCUT2D eigenvalue weighted by molar-refractivity contribution is 7.79. The van der Waals surface area contributed by atoms with Crippen molar-refractivity contribution in [2.75, 3.05) is 38.0 Å². The van der Waals surface area contributed by atoms with Crippen molar-refractivity contribution >= 4 is 46.0 Å². The molecule has 0 aliphatic carbocycles. The van der Waals surface area contributed by atoms with Crippen molar-refractivity contribution in [1.29, 1.82) is 0 Å². The molecule has 1 aromatic heterocycles. The van der Waals surface area contributed by atoms with Crippen molar-refractivity contribution in [2.24, 2.45) is 0 Å². The highest BCUT2D eigenvalue weighted by Crippen LogP contribution is 2.49. The average Bonchev–Trinajstić information content (AvgIpc) is 3.04. The molecule has 220 valence electrons. The third-order valence-corrected chi connectivity index (χ3v) is 12.2. The number of benzene rings is 4. The van der Waals surface area contributed by atoms with Crippen LogP contribution in [0.5, 0.6) is 0 Å². The predicted molar refractivity (Wildman–Crippen MR) is 189 cm³/mol. The molecule has 3 nitrogen and oxygen atoms in total. The number of aromatic nitrogens is 1. The molecule has 4 aromatic carbocycles. The first-order valence-electron chi connectivity index (χ1n) is 15.8. The first-order chi connectivity index (χ1) is 20.8. The molecule has 1 atom stereocenters. The van der Waals surface area contributed by atoms with Crippen LogP contribution in [0.3, 0.4) is 0 Å². The third kappa shape index (κ3) is 4.92. The van der Waals surface area contributed by atoms with Gasteiger partial charge in [-0.15, -0.1) is 0 Å². The Morgan fingerprint density at radius 2 is 1.23 bits per heavy atom. The van der Waals surface area contributed by atoms with Gasteiger partial charge in [0.15, 0.2) is 11.7 Å². The lowest BCUT2D eigenvalue weighted by atomic mass is 9.69. The molecule has 5 aromatic rings. The minimum atomic E-state index is -0.753. The smallest absolute Gasteiger partial charge is 0.221 e. The molecule has 1 aliphatic rings. The zero-order valence-electron chi connectivity index (χ0n) is 26.8. The quantitative estimate of drug-likeness (QED) is 0.136. The molecular weight excluding hydrogens is 541 g/mol. The summed E-state index contributed by atoms with van der Waals surface area (Å²) in [5.41, 5.74) is 6.81. The molecule has 0 radical (unpaired) electrons. The van der Waals surface area contributed by atoms with Crippen molar-refractivity contribution in [2.45, 2.75) is 51.5 Å². The summed E-state index contributed by atoms with van der Waals surface area (Å²) in [6.07, 6.45) is 5.73. The van der Waals surface area contributed by atoms with Gasteiger partial charge in [0, 0.05) is 64.4 Å². The van der Waals surface area contributed by atoms with Gasteiger partial charge < -0.3 is 9.80 Å². The molecule has 43 heavy (non-hydrogen) atoms. The Kier molecular flexibility index (Phi) is 8.05. The van der Waals surface area contributed by atoms with Crippen LogP contribution in [-0.2, 0) is 5.54 Å². The molecule has 6 rings (SSSR count). The van der Waals surface area contributed by atoms with Crippen LogP contribution < -0.4 is 30.3 Å². The molecule has 1 unspecified atom stereocenters. The van der Waals surface area contributed by atoms with Gasteiger partial charge in [0.25, 0.3) is 0 Å². The van der Waals surface area contributed by atoms with Gasteiger partial charge in [0.1, 0.15) is 0 Å².